The Bertz CT molecular complexity index is 675. The molecule has 1 amide bonds. The molecule has 2 unspecified atom stereocenters. The van der Waals surface area contributed by atoms with Gasteiger partial charge in [0.1, 0.15) is 0 Å². The van der Waals surface area contributed by atoms with Crippen LogP contribution in [-0.2, 0) is 9.53 Å². The molecule has 1 aliphatic heterocycles. The minimum atomic E-state index is 0.104. The van der Waals surface area contributed by atoms with Crippen molar-refractivity contribution in [3.8, 4) is 0 Å². The molecule has 2 aromatic rings. The molecule has 2 atom stereocenters. The first-order valence-electron chi connectivity index (χ1n) is 7.53. The van der Waals surface area contributed by atoms with Gasteiger partial charge in [-0.05, 0) is 38.5 Å². The molecule has 0 bridgehead atoms. The van der Waals surface area contributed by atoms with Gasteiger partial charge >= 0.3 is 0 Å². The first-order chi connectivity index (χ1) is 10.5. The van der Waals surface area contributed by atoms with Gasteiger partial charge in [0.15, 0.2) is 5.16 Å². The van der Waals surface area contributed by atoms with Crippen LogP contribution in [0.5, 0.6) is 0 Å². The van der Waals surface area contributed by atoms with Crippen LogP contribution in [0.25, 0.3) is 11.0 Å². The van der Waals surface area contributed by atoms with Crippen molar-refractivity contribution in [3.63, 3.8) is 0 Å². The molecule has 118 valence electrons. The first-order valence-corrected chi connectivity index (χ1v) is 8.52. The number of amides is 1. The average Bonchev–Trinajstić information content (AvgIpc) is 2.85. The molecule has 2 heterocycles. The number of rotatable bonds is 3. The second-order valence-corrected chi connectivity index (χ2v) is 6.87. The third-order valence-electron chi connectivity index (χ3n) is 3.72. The predicted octanol–water partition coefficient (Wildman–Crippen LogP) is 2.60. The molecular formula is C16H21N3O2S. The first kappa shape index (κ1) is 15.4. The van der Waals surface area contributed by atoms with Crippen molar-refractivity contribution in [2.45, 2.75) is 38.1 Å². The van der Waals surface area contributed by atoms with Gasteiger partial charge in [-0.25, -0.2) is 4.98 Å². The standard InChI is InChI=1S/C16H21N3O2S/c1-10-4-5-13-14(6-10)18-16(17-13)22-9-15(20)19-7-11(2)21-12(3)8-19/h4-6,11-12H,7-9H2,1-3H3,(H,17,18). The molecule has 1 aromatic heterocycles. The van der Waals surface area contributed by atoms with E-state index in [0.29, 0.717) is 18.8 Å². The van der Waals surface area contributed by atoms with E-state index in [1.54, 1.807) is 0 Å². The molecule has 3 rings (SSSR count). The predicted molar refractivity (Wildman–Crippen MR) is 88.1 cm³/mol. The highest BCUT2D eigenvalue weighted by atomic mass is 32.2. The van der Waals surface area contributed by atoms with Crippen LogP contribution in [0.2, 0.25) is 0 Å². The number of benzene rings is 1. The largest absolute Gasteiger partial charge is 0.372 e. The van der Waals surface area contributed by atoms with Gasteiger partial charge in [0.25, 0.3) is 0 Å². The van der Waals surface area contributed by atoms with Crippen LogP contribution in [0.3, 0.4) is 0 Å². The number of ether oxygens (including phenoxy) is 1. The zero-order valence-corrected chi connectivity index (χ0v) is 13.9. The lowest BCUT2D eigenvalue weighted by molar-refractivity contribution is -0.140. The molecule has 1 N–H and O–H groups in total. The highest BCUT2D eigenvalue weighted by molar-refractivity contribution is 7.99. The van der Waals surface area contributed by atoms with E-state index in [4.69, 9.17) is 4.74 Å². The van der Waals surface area contributed by atoms with Crippen LogP contribution in [0.1, 0.15) is 19.4 Å². The lowest BCUT2D eigenvalue weighted by atomic mass is 10.2. The molecule has 6 heteroatoms. The van der Waals surface area contributed by atoms with Gasteiger partial charge in [-0.15, -0.1) is 0 Å². The maximum absolute atomic E-state index is 12.3. The number of aromatic nitrogens is 2. The van der Waals surface area contributed by atoms with Crippen molar-refractivity contribution >= 4 is 28.7 Å². The number of hydrogen-bond donors (Lipinski definition) is 1. The number of carbonyl (C=O) groups excluding carboxylic acids is 1. The second kappa shape index (κ2) is 6.30. The van der Waals surface area contributed by atoms with E-state index >= 15 is 0 Å². The SMILES string of the molecule is Cc1ccc2nc(SCC(=O)N3CC(C)OC(C)C3)[nH]c2c1. The highest BCUT2D eigenvalue weighted by Crippen LogP contribution is 2.21. The second-order valence-electron chi connectivity index (χ2n) is 5.91. The zero-order valence-electron chi connectivity index (χ0n) is 13.1. The van der Waals surface area contributed by atoms with Crippen LogP contribution in [0, 0.1) is 6.92 Å². The van der Waals surface area contributed by atoms with Crippen molar-refractivity contribution in [1.82, 2.24) is 14.9 Å². The van der Waals surface area contributed by atoms with E-state index in [0.717, 1.165) is 16.2 Å². The Morgan fingerprint density at radius 1 is 1.41 bits per heavy atom. The zero-order chi connectivity index (χ0) is 15.7. The number of imidazole rings is 1. The topological polar surface area (TPSA) is 58.2 Å². The fraction of sp³-hybridized carbons (Fsp3) is 0.500. The molecule has 1 fully saturated rings. The maximum Gasteiger partial charge on any atom is 0.233 e. The fourth-order valence-electron chi connectivity index (χ4n) is 2.77. The van der Waals surface area contributed by atoms with E-state index in [9.17, 15) is 4.79 Å². The summed E-state index contributed by atoms with van der Waals surface area (Å²) in [6.07, 6.45) is 0.207. The minimum Gasteiger partial charge on any atom is -0.372 e. The van der Waals surface area contributed by atoms with Crippen molar-refractivity contribution in [2.24, 2.45) is 0 Å². The quantitative estimate of drug-likeness (QED) is 0.884. The molecule has 0 saturated carbocycles. The monoisotopic (exact) mass is 319 g/mol. The number of nitrogens with one attached hydrogen (secondary N) is 1. The summed E-state index contributed by atoms with van der Waals surface area (Å²) in [5, 5.41) is 0.795. The van der Waals surface area contributed by atoms with Crippen LogP contribution >= 0.6 is 11.8 Å². The van der Waals surface area contributed by atoms with Crippen molar-refractivity contribution < 1.29 is 9.53 Å². The summed E-state index contributed by atoms with van der Waals surface area (Å²) in [4.78, 5) is 22.0. The summed E-state index contributed by atoms with van der Waals surface area (Å²) in [6, 6.07) is 6.11. The van der Waals surface area contributed by atoms with Crippen LogP contribution in [0.15, 0.2) is 23.4 Å². The Labute approximate surface area is 134 Å². The van der Waals surface area contributed by atoms with Gasteiger partial charge < -0.3 is 14.6 Å². The summed E-state index contributed by atoms with van der Waals surface area (Å²) in [5.41, 5.74) is 3.15. The highest BCUT2D eigenvalue weighted by Gasteiger charge is 2.25. The molecule has 22 heavy (non-hydrogen) atoms. The normalized spacial score (nSPS) is 22.2. The van der Waals surface area contributed by atoms with Gasteiger partial charge in [0.05, 0.1) is 29.0 Å². The van der Waals surface area contributed by atoms with Crippen LogP contribution < -0.4 is 0 Å². The van der Waals surface area contributed by atoms with E-state index in [-0.39, 0.29) is 18.1 Å². The Kier molecular flexibility index (Phi) is 4.40. The summed E-state index contributed by atoms with van der Waals surface area (Å²) >= 11 is 1.46. The van der Waals surface area contributed by atoms with Crippen LogP contribution in [-0.4, -0.2) is 51.8 Å². The van der Waals surface area contributed by atoms with Crippen molar-refractivity contribution in [3.05, 3.63) is 23.8 Å². The smallest absolute Gasteiger partial charge is 0.233 e. The molecule has 1 saturated heterocycles. The Balaban J connectivity index is 1.62. The summed E-state index contributed by atoms with van der Waals surface area (Å²) < 4.78 is 5.66. The molecular weight excluding hydrogens is 298 g/mol. The number of aromatic amines is 1. The summed E-state index contributed by atoms with van der Waals surface area (Å²) in [5.74, 6) is 0.543. The number of aryl methyl sites for hydroxylation is 1. The number of nitrogens with zero attached hydrogens (tertiary/aromatic N) is 2. The van der Waals surface area contributed by atoms with Gasteiger partial charge in [-0.3, -0.25) is 4.79 Å². The lowest BCUT2D eigenvalue weighted by Gasteiger charge is -2.35. The number of fused-ring (bicyclic) bond motifs is 1. The Hall–Kier alpha value is -1.53. The Morgan fingerprint density at radius 2 is 2.14 bits per heavy atom. The molecule has 5 nitrogen and oxygen atoms in total. The third-order valence-corrected chi connectivity index (χ3v) is 4.58. The number of hydrogen-bond acceptors (Lipinski definition) is 4. The molecule has 0 radical (unpaired) electrons. The van der Waals surface area contributed by atoms with Crippen molar-refractivity contribution in [2.75, 3.05) is 18.8 Å². The molecule has 1 aromatic carbocycles. The van der Waals surface area contributed by atoms with Gasteiger partial charge in [-0.1, -0.05) is 17.8 Å². The maximum atomic E-state index is 12.3. The number of carbonyl (C=O) groups is 1. The van der Waals surface area contributed by atoms with Crippen LogP contribution in [0.4, 0.5) is 0 Å². The van der Waals surface area contributed by atoms with Gasteiger partial charge in [0, 0.05) is 13.1 Å². The molecule has 1 aliphatic rings. The third kappa shape index (κ3) is 3.44. The van der Waals surface area contributed by atoms with Crippen molar-refractivity contribution in [1.29, 1.82) is 0 Å². The lowest BCUT2D eigenvalue weighted by Crippen LogP contribution is -2.48. The molecule has 0 aliphatic carbocycles. The van der Waals surface area contributed by atoms with E-state index in [2.05, 4.69) is 23.0 Å². The van der Waals surface area contributed by atoms with E-state index < -0.39 is 0 Å². The summed E-state index contributed by atoms with van der Waals surface area (Å²) in [7, 11) is 0. The minimum absolute atomic E-state index is 0.104. The van der Waals surface area contributed by atoms with E-state index in [1.165, 1.54) is 17.3 Å². The fourth-order valence-corrected chi connectivity index (χ4v) is 3.56. The summed E-state index contributed by atoms with van der Waals surface area (Å²) in [6.45, 7) is 7.40. The van der Waals surface area contributed by atoms with E-state index in [1.807, 2.05) is 30.9 Å². The number of morpholine rings is 1. The van der Waals surface area contributed by atoms with Gasteiger partial charge in [0.2, 0.25) is 5.91 Å². The Morgan fingerprint density at radius 3 is 2.86 bits per heavy atom. The number of thioether (sulfide) groups is 1. The van der Waals surface area contributed by atoms with Gasteiger partial charge in [-0.2, -0.15) is 0 Å². The molecule has 0 spiro atoms. The average molecular weight is 319 g/mol. The number of H-pyrrole nitrogens is 1.